The van der Waals surface area contributed by atoms with Crippen LogP contribution >= 0.6 is 0 Å². The first-order valence-electron chi connectivity index (χ1n) is 3.85. The Labute approximate surface area is 85.6 Å². The van der Waals surface area contributed by atoms with Gasteiger partial charge in [-0.05, 0) is 12.1 Å². The van der Waals surface area contributed by atoms with Gasteiger partial charge in [0.25, 0.3) is 10.0 Å². The molecule has 0 aromatic heterocycles. The number of benzene rings is 1. The second kappa shape index (κ2) is 4.26. The van der Waals surface area contributed by atoms with Gasteiger partial charge in [0.15, 0.2) is 0 Å². The Kier molecular flexibility index (Phi) is 3.25. The highest BCUT2D eigenvalue weighted by Crippen LogP contribution is 2.16. The summed E-state index contributed by atoms with van der Waals surface area (Å²) in [5.74, 6) is -1.29. The number of halogens is 1. The number of aromatic carboxylic acids is 1. The van der Waals surface area contributed by atoms with Gasteiger partial charge in [-0.3, -0.25) is 4.72 Å². The van der Waals surface area contributed by atoms with Crippen molar-refractivity contribution in [2.75, 3.05) is 10.7 Å². The lowest BCUT2D eigenvalue weighted by molar-refractivity contribution is 0.0698. The van der Waals surface area contributed by atoms with Crippen LogP contribution in [-0.2, 0) is 10.0 Å². The molecule has 0 aliphatic carbocycles. The summed E-state index contributed by atoms with van der Waals surface area (Å²) in [5.41, 5.74) is -0.378. The van der Waals surface area contributed by atoms with Crippen LogP contribution in [0.5, 0.6) is 0 Å². The van der Waals surface area contributed by atoms with Gasteiger partial charge in [-0.1, -0.05) is 12.1 Å². The Morgan fingerprint density at radius 2 is 2.00 bits per heavy atom. The van der Waals surface area contributed by atoms with Gasteiger partial charge in [0.1, 0.15) is 0 Å². The van der Waals surface area contributed by atoms with E-state index >= 15 is 0 Å². The Bertz CT molecular complexity index is 471. The summed E-state index contributed by atoms with van der Waals surface area (Å²) in [6.07, 6.45) is 0. The van der Waals surface area contributed by atoms with Gasteiger partial charge < -0.3 is 5.11 Å². The molecular formula is C8H8FNO4S. The summed E-state index contributed by atoms with van der Waals surface area (Å²) < 4.78 is 35.6. The third-order valence-electron chi connectivity index (χ3n) is 1.57. The molecule has 1 aromatic rings. The SMILES string of the molecule is O=C(O)c1ccccc1NS(=O)(=O)CF. The van der Waals surface area contributed by atoms with Crippen molar-refractivity contribution in [3.63, 3.8) is 0 Å². The van der Waals surface area contributed by atoms with Crippen LogP contribution in [0.2, 0.25) is 0 Å². The second-order valence-corrected chi connectivity index (χ2v) is 4.33. The lowest BCUT2D eigenvalue weighted by atomic mass is 10.2. The Hall–Kier alpha value is -1.63. The molecule has 0 atom stereocenters. The zero-order valence-corrected chi connectivity index (χ0v) is 8.29. The predicted molar refractivity (Wildman–Crippen MR) is 51.9 cm³/mol. The molecule has 15 heavy (non-hydrogen) atoms. The minimum atomic E-state index is -4.11. The summed E-state index contributed by atoms with van der Waals surface area (Å²) in [4.78, 5) is 10.7. The van der Waals surface area contributed by atoms with Crippen LogP contribution in [0, 0.1) is 0 Å². The van der Waals surface area contributed by atoms with E-state index in [1.54, 1.807) is 0 Å². The van der Waals surface area contributed by atoms with Crippen LogP contribution in [0.3, 0.4) is 0 Å². The quantitative estimate of drug-likeness (QED) is 0.814. The van der Waals surface area contributed by atoms with Crippen LogP contribution in [-0.4, -0.2) is 25.5 Å². The van der Waals surface area contributed by atoms with Gasteiger partial charge in [-0.2, -0.15) is 0 Å². The van der Waals surface area contributed by atoms with Crippen molar-refractivity contribution in [3.8, 4) is 0 Å². The maximum atomic E-state index is 12.0. The van der Waals surface area contributed by atoms with E-state index in [2.05, 4.69) is 0 Å². The minimum absolute atomic E-state index is 0.150. The summed E-state index contributed by atoms with van der Waals surface area (Å²) in [5, 5.41) is 8.71. The van der Waals surface area contributed by atoms with Crippen molar-refractivity contribution in [2.45, 2.75) is 0 Å². The highest BCUT2D eigenvalue weighted by Gasteiger charge is 2.14. The standard InChI is InChI=1S/C8H8FNO4S/c9-5-15(13,14)10-7-4-2-1-3-6(7)8(11)12/h1-4,10H,5H2,(H,11,12). The molecule has 0 saturated carbocycles. The van der Waals surface area contributed by atoms with Gasteiger partial charge in [0.05, 0.1) is 11.3 Å². The van der Waals surface area contributed by atoms with E-state index in [-0.39, 0.29) is 11.3 Å². The first-order valence-corrected chi connectivity index (χ1v) is 5.50. The largest absolute Gasteiger partial charge is 0.478 e. The molecule has 0 heterocycles. The fraction of sp³-hybridized carbons (Fsp3) is 0.125. The van der Waals surface area contributed by atoms with E-state index in [4.69, 9.17) is 5.11 Å². The molecule has 1 rings (SSSR count). The molecule has 82 valence electrons. The fourth-order valence-electron chi connectivity index (χ4n) is 0.953. The minimum Gasteiger partial charge on any atom is -0.478 e. The maximum Gasteiger partial charge on any atom is 0.337 e. The molecule has 0 radical (unpaired) electrons. The number of carbonyl (C=O) groups is 1. The number of anilines is 1. The zero-order valence-electron chi connectivity index (χ0n) is 7.47. The third-order valence-corrected chi connectivity index (χ3v) is 2.38. The number of sulfonamides is 1. The lowest BCUT2D eigenvalue weighted by Gasteiger charge is -2.07. The highest BCUT2D eigenvalue weighted by molar-refractivity contribution is 7.92. The molecule has 7 heteroatoms. The lowest BCUT2D eigenvalue weighted by Crippen LogP contribution is -2.16. The van der Waals surface area contributed by atoms with E-state index in [0.717, 1.165) is 0 Å². The second-order valence-electron chi connectivity index (χ2n) is 2.68. The number of hydrogen-bond acceptors (Lipinski definition) is 3. The van der Waals surface area contributed by atoms with Crippen molar-refractivity contribution < 1.29 is 22.7 Å². The average Bonchev–Trinajstić information content (AvgIpc) is 2.18. The molecule has 1 aromatic carbocycles. The summed E-state index contributed by atoms with van der Waals surface area (Å²) in [6.45, 7) is 0. The first kappa shape index (κ1) is 11.4. The van der Waals surface area contributed by atoms with E-state index < -0.39 is 22.0 Å². The smallest absolute Gasteiger partial charge is 0.337 e. The first-order chi connectivity index (χ1) is 6.96. The van der Waals surface area contributed by atoms with Crippen LogP contribution in [0.25, 0.3) is 0 Å². The molecule has 0 bridgehead atoms. The Balaban J connectivity index is 3.10. The van der Waals surface area contributed by atoms with Gasteiger partial charge in [0.2, 0.25) is 6.01 Å². The van der Waals surface area contributed by atoms with Crippen LogP contribution < -0.4 is 4.72 Å². The van der Waals surface area contributed by atoms with E-state index in [0.29, 0.717) is 0 Å². The van der Waals surface area contributed by atoms with Gasteiger partial charge in [-0.25, -0.2) is 17.6 Å². The van der Waals surface area contributed by atoms with Crippen molar-refractivity contribution in [2.24, 2.45) is 0 Å². The number of hydrogen-bond donors (Lipinski definition) is 2. The number of carboxylic acid groups (broad SMARTS) is 1. The number of alkyl halides is 1. The Morgan fingerprint density at radius 3 is 2.53 bits per heavy atom. The van der Waals surface area contributed by atoms with E-state index in [9.17, 15) is 17.6 Å². The van der Waals surface area contributed by atoms with Gasteiger partial charge >= 0.3 is 5.97 Å². The molecule has 0 aliphatic rings. The van der Waals surface area contributed by atoms with E-state index in [1.165, 1.54) is 24.3 Å². The zero-order chi connectivity index (χ0) is 11.5. The topological polar surface area (TPSA) is 83.5 Å². The molecule has 0 unspecified atom stereocenters. The maximum absolute atomic E-state index is 12.0. The summed E-state index contributed by atoms with van der Waals surface area (Å²) >= 11 is 0. The molecule has 0 saturated heterocycles. The van der Waals surface area contributed by atoms with E-state index in [1.807, 2.05) is 4.72 Å². The molecule has 5 nitrogen and oxygen atoms in total. The number of carboxylic acids is 1. The normalized spacial score (nSPS) is 11.0. The molecule has 0 spiro atoms. The number of nitrogens with one attached hydrogen (secondary N) is 1. The molecular weight excluding hydrogens is 225 g/mol. The Morgan fingerprint density at radius 1 is 1.40 bits per heavy atom. The van der Waals surface area contributed by atoms with Gasteiger partial charge in [0, 0.05) is 0 Å². The fourth-order valence-corrected chi connectivity index (χ4v) is 1.52. The molecule has 2 N–H and O–H groups in total. The average molecular weight is 233 g/mol. The molecule has 0 amide bonds. The molecule has 0 aliphatic heterocycles. The summed E-state index contributed by atoms with van der Waals surface area (Å²) in [7, 11) is -4.11. The molecule has 0 fully saturated rings. The van der Waals surface area contributed by atoms with Crippen LogP contribution in [0.1, 0.15) is 10.4 Å². The van der Waals surface area contributed by atoms with Crippen molar-refractivity contribution in [1.29, 1.82) is 0 Å². The van der Waals surface area contributed by atoms with Crippen LogP contribution in [0.15, 0.2) is 24.3 Å². The number of rotatable bonds is 4. The summed E-state index contributed by atoms with van der Waals surface area (Å²) in [6, 6.07) is 3.76. The van der Waals surface area contributed by atoms with Crippen LogP contribution in [0.4, 0.5) is 10.1 Å². The van der Waals surface area contributed by atoms with Gasteiger partial charge in [-0.15, -0.1) is 0 Å². The predicted octanol–water partition coefficient (Wildman–Crippen LogP) is 1.05. The number of para-hydroxylation sites is 1. The third kappa shape index (κ3) is 2.91. The van der Waals surface area contributed by atoms with Crippen molar-refractivity contribution in [1.82, 2.24) is 0 Å². The van der Waals surface area contributed by atoms with Crippen molar-refractivity contribution in [3.05, 3.63) is 29.8 Å². The van der Waals surface area contributed by atoms with Crippen molar-refractivity contribution >= 4 is 21.7 Å². The highest BCUT2D eigenvalue weighted by atomic mass is 32.2. The monoisotopic (exact) mass is 233 g/mol.